The maximum atomic E-state index is 11.9. The van der Waals surface area contributed by atoms with Crippen LogP contribution in [0.4, 0.5) is 17.6 Å². The quantitative estimate of drug-likeness (QED) is 0.268. The molecule has 0 aliphatic carbocycles. The Hall–Kier alpha value is -0.437. The molecule has 1 rings (SSSR count). The van der Waals surface area contributed by atoms with E-state index >= 15 is 0 Å². The van der Waals surface area contributed by atoms with Crippen LogP contribution in [0, 0.1) is 29.3 Å². The molecule has 0 aliphatic heterocycles. The van der Waals surface area contributed by atoms with Gasteiger partial charge in [-0.2, -0.15) is 0 Å². The molecule has 0 aliphatic rings. The summed E-state index contributed by atoms with van der Waals surface area (Å²) in [6.07, 6.45) is 0. The molecule has 0 nitrogen and oxygen atoms in total. The van der Waals surface area contributed by atoms with Gasteiger partial charge in [-0.05, 0) is 0 Å². The van der Waals surface area contributed by atoms with Gasteiger partial charge in [-0.3, -0.25) is 8.78 Å². The molecule has 0 spiro atoms. The standard InChI is InChI=1S/C6HF4.Zn/c7-3-1-4(8)6(10)2-5(3)9;/h1H;/q-1;. The molecule has 1 aromatic rings. The Morgan fingerprint density at radius 1 is 0.909 bits per heavy atom. The Balaban J connectivity index is 0.000001000. The van der Waals surface area contributed by atoms with Gasteiger partial charge in [0.2, 0.25) is 0 Å². The van der Waals surface area contributed by atoms with Gasteiger partial charge in [0.1, 0.15) is 0 Å². The SMILES string of the molecule is Fc1[c-]c(F)c(F)cc1F.[Zn]. The first-order valence-corrected chi connectivity index (χ1v) is 2.33. The number of rotatable bonds is 0. The first kappa shape index (κ1) is 10.6. The van der Waals surface area contributed by atoms with Crippen molar-refractivity contribution >= 4 is 0 Å². The van der Waals surface area contributed by atoms with E-state index in [4.69, 9.17) is 0 Å². The molecule has 0 aromatic heterocycles. The third-order valence-electron chi connectivity index (χ3n) is 0.892. The van der Waals surface area contributed by atoms with Crippen molar-refractivity contribution in [2.45, 2.75) is 0 Å². The molecule has 0 fully saturated rings. The van der Waals surface area contributed by atoms with Gasteiger partial charge >= 0.3 is 0 Å². The van der Waals surface area contributed by atoms with E-state index in [1.807, 2.05) is 0 Å². The van der Waals surface area contributed by atoms with Crippen molar-refractivity contribution in [2.75, 3.05) is 0 Å². The molecule has 0 N–H and O–H groups in total. The fraction of sp³-hybridized carbons (Fsp3) is 0. The summed E-state index contributed by atoms with van der Waals surface area (Å²) in [6.45, 7) is 0. The molecule has 0 radical (unpaired) electrons. The molecule has 5 heteroatoms. The smallest absolute Gasteiger partial charge is 0.0481 e. The average Bonchev–Trinajstić information content (AvgIpc) is 1.84. The zero-order chi connectivity index (χ0) is 7.72. The molecule has 0 saturated heterocycles. The Bertz CT molecular complexity index is 211. The van der Waals surface area contributed by atoms with Crippen LogP contribution in [0.15, 0.2) is 6.07 Å². The van der Waals surface area contributed by atoms with Gasteiger partial charge < -0.3 is 0 Å². The Morgan fingerprint density at radius 2 is 1.27 bits per heavy atom. The van der Waals surface area contributed by atoms with Gasteiger partial charge in [0, 0.05) is 42.7 Å². The summed E-state index contributed by atoms with van der Waals surface area (Å²) in [5.41, 5.74) is 0. The summed E-state index contributed by atoms with van der Waals surface area (Å²) in [6, 6.07) is 1.35. The maximum Gasteiger partial charge on any atom is 0.0481 e. The van der Waals surface area contributed by atoms with Crippen molar-refractivity contribution in [1.82, 2.24) is 0 Å². The van der Waals surface area contributed by atoms with Gasteiger partial charge in [-0.1, -0.05) is 6.07 Å². The molecular formula is C6HF4Zn-. The van der Waals surface area contributed by atoms with Crippen LogP contribution in [0.5, 0.6) is 0 Å². The molecule has 0 heterocycles. The van der Waals surface area contributed by atoms with Crippen LogP contribution in [0.25, 0.3) is 0 Å². The van der Waals surface area contributed by atoms with Crippen LogP contribution >= 0.6 is 0 Å². The molecule has 0 atom stereocenters. The van der Waals surface area contributed by atoms with Crippen molar-refractivity contribution < 1.29 is 37.0 Å². The molecule has 0 amide bonds. The van der Waals surface area contributed by atoms with Crippen LogP contribution in [0.3, 0.4) is 0 Å². The van der Waals surface area contributed by atoms with Crippen LogP contribution in [0.1, 0.15) is 0 Å². The van der Waals surface area contributed by atoms with E-state index < -0.39 is 23.3 Å². The third kappa shape index (κ3) is 2.26. The van der Waals surface area contributed by atoms with Gasteiger partial charge in [0.15, 0.2) is 0 Å². The van der Waals surface area contributed by atoms with E-state index in [2.05, 4.69) is 0 Å². The molecule has 0 saturated carbocycles. The second kappa shape index (κ2) is 3.81. The molecule has 0 bridgehead atoms. The zero-order valence-electron chi connectivity index (χ0n) is 5.30. The minimum atomic E-state index is -1.51. The third-order valence-corrected chi connectivity index (χ3v) is 0.892. The maximum absolute atomic E-state index is 11.9. The summed E-state index contributed by atoms with van der Waals surface area (Å²) < 4.78 is 47.7. The summed E-state index contributed by atoms with van der Waals surface area (Å²) >= 11 is 0. The summed E-state index contributed by atoms with van der Waals surface area (Å²) in [5.74, 6) is -5.92. The second-order valence-electron chi connectivity index (χ2n) is 1.59. The van der Waals surface area contributed by atoms with Crippen LogP contribution in [-0.4, -0.2) is 0 Å². The van der Waals surface area contributed by atoms with E-state index in [0.29, 0.717) is 0 Å². The van der Waals surface area contributed by atoms with Crippen LogP contribution < -0.4 is 0 Å². The van der Waals surface area contributed by atoms with Gasteiger partial charge in [-0.25, -0.2) is 8.78 Å². The summed E-state index contributed by atoms with van der Waals surface area (Å²) in [5, 5.41) is 0. The fourth-order valence-electron chi connectivity index (χ4n) is 0.454. The van der Waals surface area contributed by atoms with Crippen LogP contribution in [0.2, 0.25) is 0 Å². The first-order valence-electron chi connectivity index (χ1n) is 2.33. The predicted octanol–water partition coefficient (Wildman–Crippen LogP) is 2.04. The van der Waals surface area contributed by atoms with Gasteiger partial charge in [0.25, 0.3) is 0 Å². The van der Waals surface area contributed by atoms with Crippen LogP contribution in [-0.2, 0) is 19.5 Å². The topological polar surface area (TPSA) is 0 Å². The van der Waals surface area contributed by atoms with Crippen molar-refractivity contribution in [2.24, 2.45) is 0 Å². The fourth-order valence-corrected chi connectivity index (χ4v) is 0.454. The van der Waals surface area contributed by atoms with E-state index in [-0.39, 0.29) is 25.5 Å². The second-order valence-corrected chi connectivity index (χ2v) is 1.59. The minimum Gasteiger partial charge on any atom is -0.281 e. The van der Waals surface area contributed by atoms with Crippen molar-refractivity contribution in [1.29, 1.82) is 0 Å². The number of halogens is 4. The molecular weight excluding hydrogens is 213 g/mol. The average molecular weight is 214 g/mol. The van der Waals surface area contributed by atoms with Crippen molar-refractivity contribution in [3.8, 4) is 0 Å². The van der Waals surface area contributed by atoms with Crippen molar-refractivity contribution in [3.05, 3.63) is 35.4 Å². The van der Waals surface area contributed by atoms with E-state index in [0.717, 1.165) is 0 Å². The molecule has 1 aromatic carbocycles. The van der Waals surface area contributed by atoms with Crippen molar-refractivity contribution in [3.63, 3.8) is 0 Å². The van der Waals surface area contributed by atoms with Gasteiger partial charge in [0.05, 0.1) is 0 Å². The predicted molar refractivity (Wildman–Crippen MR) is 25.1 cm³/mol. The normalized spacial score (nSPS) is 9.09. The monoisotopic (exact) mass is 213 g/mol. The zero-order valence-corrected chi connectivity index (χ0v) is 8.26. The Morgan fingerprint density at radius 3 is 1.55 bits per heavy atom. The molecule has 0 unspecified atom stereocenters. The summed E-state index contributed by atoms with van der Waals surface area (Å²) in [7, 11) is 0. The summed E-state index contributed by atoms with van der Waals surface area (Å²) in [4.78, 5) is 0. The minimum absolute atomic E-state index is 0. The Labute approximate surface area is 73.0 Å². The number of benzene rings is 1. The largest absolute Gasteiger partial charge is 0.281 e. The number of hydrogen-bond donors (Lipinski definition) is 0. The molecule has 11 heavy (non-hydrogen) atoms. The molecule has 56 valence electrons. The van der Waals surface area contributed by atoms with E-state index in [1.165, 1.54) is 6.07 Å². The van der Waals surface area contributed by atoms with Gasteiger partial charge in [-0.15, -0.1) is 6.07 Å². The van der Waals surface area contributed by atoms with E-state index in [9.17, 15) is 17.6 Å². The van der Waals surface area contributed by atoms with E-state index in [1.54, 1.807) is 0 Å². The number of hydrogen-bond acceptors (Lipinski definition) is 0. The first-order chi connectivity index (χ1) is 4.61. The Kier molecular flexibility index (Phi) is 3.66.